The van der Waals surface area contributed by atoms with Crippen LogP contribution >= 0.6 is 0 Å². The van der Waals surface area contributed by atoms with Gasteiger partial charge in [0, 0.05) is 24.2 Å². The molecule has 0 saturated heterocycles. The fourth-order valence-electron chi connectivity index (χ4n) is 4.69. The Bertz CT molecular complexity index is 928. The number of anilines is 1. The Hall–Kier alpha value is -2.98. The third-order valence-electron chi connectivity index (χ3n) is 5.92. The minimum atomic E-state index is -0.742. The number of nitriles is 2. The Morgan fingerprint density at radius 2 is 1.71 bits per heavy atom. The average Bonchev–Trinajstić information content (AvgIpc) is 2.67. The summed E-state index contributed by atoms with van der Waals surface area (Å²) in [6.45, 7) is 6.13. The molecule has 0 aliphatic carbocycles. The van der Waals surface area contributed by atoms with Gasteiger partial charge in [0.05, 0.1) is 17.9 Å². The number of hydrogen-bond donors (Lipinski definition) is 0. The Labute approximate surface area is 167 Å². The molecule has 0 N–H and O–H groups in total. The zero-order valence-corrected chi connectivity index (χ0v) is 16.5. The van der Waals surface area contributed by atoms with E-state index in [1.54, 1.807) is 0 Å². The molecule has 3 aliphatic rings. The maximum absolute atomic E-state index is 9.33. The van der Waals surface area contributed by atoms with Crippen molar-refractivity contribution in [1.29, 1.82) is 10.5 Å². The fraction of sp³-hybridized carbons (Fsp3) is 0.417. The van der Waals surface area contributed by atoms with Gasteiger partial charge in [-0.2, -0.15) is 10.5 Å². The van der Waals surface area contributed by atoms with Crippen LogP contribution in [0.25, 0.3) is 6.08 Å². The second-order valence-corrected chi connectivity index (χ2v) is 8.18. The van der Waals surface area contributed by atoms with E-state index in [9.17, 15) is 10.5 Å². The van der Waals surface area contributed by atoms with Gasteiger partial charge >= 0.3 is 0 Å². The van der Waals surface area contributed by atoms with Crippen LogP contribution in [0.15, 0.2) is 41.9 Å². The summed E-state index contributed by atoms with van der Waals surface area (Å²) in [6, 6.07) is 8.80. The van der Waals surface area contributed by atoms with Gasteiger partial charge in [-0.25, -0.2) is 0 Å². The molecular formula is C24H25N3O. The summed E-state index contributed by atoms with van der Waals surface area (Å²) < 4.78 is 5.85. The Balaban J connectivity index is 1.64. The molecule has 1 aromatic rings. The van der Waals surface area contributed by atoms with E-state index in [4.69, 9.17) is 4.74 Å². The molecule has 1 aromatic carbocycles. The van der Waals surface area contributed by atoms with Crippen LogP contribution in [0.3, 0.4) is 0 Å². The summed E-state index contributed by atoms with van der Waals surface area (Å²) in [5.41, 5.74) is 4.93. The number of benzene rings is 1. The summed E-state index contributed by atoms with van der Waals surface area (Å²) in [7, 11) is 0. The lowest BCUT2D eigenvalue weighted by atomic mass is 9.76. The molecule has 0 aromatic heterocycles. The summed E-state index contributed by atoms with van der Waals surface area (Å²) in [5, 5.41) is 18.7. The lowest BCUT2D eigenvalue weighted by Crippen LogP contribution is -2.34. The zero-order chi connectivity index (χ0) is 19.7. The quantitative estimate of drug-likeness (QED) is 0.759. The second-order valence-electron chi connectivity index (χ2n) is 8.18. The molecule has 1 unspecified atom stereocenters. The molecule has 4 nitrogen and oxygen atoms in total. The summed E-state index contributed by atoms with van der Waals surface area (Å²) >= 11 is 0. The fourth-order valence-corrected chi connectivity index (χ4v) is 4.69. The maximum Gasteiger partial charge on any atom is 0.145 e. The number of nitrogens with zero attached hydrogens (tertiary/aromatic N) is 3. The van der Waals surface area contributed by atoms with Crippen molar-refractivity contribution in [3.05, 3.63) is 58.6 Å². The van der Waals surface area contributed by atoms with E-state index in [2.05, 4.69) is 35.2 Å². The first kappa shape index (κ1) is 18.4. The molecule has 0 saturated carbocycles. The average molecular weight is 371 g/mol. The monoisotopic (exact) mass is 371 g/mol. The van der Waals surface area contributed by atoms with Crippen molar-refractivity contribution in [3.63, 3.8) is 0 Å². The van der Waals surface area contributed by atoms with Crippen molar-refractivity contribution < 1.29 is 4.74 Å². The third kappa shape index (κ3) is 3.32. The number of aryl methyl sites for hydroxylation is 2. The predicted octanol–water partition coefficient (Wildman–Crippen LogP) is 4.89. The van der Waals surface area contributed by atoms with Crippen molar-refractivity contribution in [3.8, 4) is 12.1 Å². The molecule has 4 rings (SSSR count). The van der Waals surface area contributed by atoms with Crippen LogP contribution in [0.2, 0.25) is 0 Å². The molecule has 3 heterocycles. The van der Waals surface area contributed by atoms with Gasteiger partial charge in [0.25, 0.3) is 0 Å². The standard InChI is InChI=1S/C24H25N3O/c1-17-13-24(2,21(15-25)16-26)14-22(28-17)8-7-18-11-19-5-3-9-27-10-4-6-20(12-18)23(19)27/h7-8,11-14,21H,3-6,9-10H2,1-2H3/b8-7+. The third-order valence-corrected chi connectivity index (χ3v) is 5.92. The first-order chi connectivity index (χ1) is 13.5. The molecular weight excluding hydrogens is 346 g/mol. The van der Waals surface area contributed by atoms with Crippen LogP contribution in [-0.2, 0) is 17.6 Å². The van der Waals surface area contributed by atoms with Crippen LogP contribution in [-0.4, -0.2) is 13.1 Å². The van der Waals surface area contributed by atoms with Crippen molar-refractivity contribution in [2.45, 2.75) is 39.5 Å². The highest BCUT2D eigenvalue weighted by Crippen LogP contribution is 2.38. The molecule has 0 spiro atoms. The molecule has 0 amide bonds. The van der Waals surface area contributed by atoms with E-state index in [1.165, 1.54) is 48.3 Å². The van der Waals surface area contributed by atoms with E-state index in [1.807, 2.05) is 32.1 Å². The van der Waals surface area contributed by atoms with Crippen molar-refractivity contribution in [1.82, 2.24) is 0 Å². The van der Waals surface area contributed by atoms with E-state index in [-0.39, 0.29) is 0 Å². The van der Waals surface area contributed by atoms with Crippen molar-refractivity contribution >= 4 is 11.8 Å². The SMILES string of the molecule is CC1=CC(C)(C(C#N)C#N)C=C(/C=C/c2cc3c4c(c2)CCCN4CCC3)O1. The number of ether oxygens (including phenoxy) is 1. The Morgan fingerprint density at radius 1 is 1.07 bits per heavy atom. The molecule has 0 radical (unpaired) electrons. The number of rotatable bonds is 3. The largest absolute Gasteiger partial charge is 0.463 e. The smallest absolute Gasteiger partial charge is 0.145 e. The second kappa shape index (κ2) is 7.21. The van der Waals surface area contributed by atoms with Crippen LogP contribution in [0.5, 0.6) is 0 Å². The highest BCUT2D eigenvalue weighted by molar-refractivity contribution is 5.68. The van der Waals surface area contributed by atoms with Crippen LogP contribution in [0.4, 0.5) is 5.69 Å². The molecule has 142 valence electrons. The number of allylic oxidation sites excluding steroid dienone is 4. The maximum atomic E-state index is 9.33. The lowest BCUT2D eigenvalue weighted by Gasteiger charge is -2.37. The van der Waals surface area contributed by atoms with E-state index < -0.39 is 11.3 Å². The van der Waals surface area contributed by atoms with Gasteiger partial charge in [-0.15, -0.1) is 0 Å². The van der Waals surface area contributed by atoms with Crippen LogP contribution in [0.1, 0.15) is 43.4 Å². The normalized spacial score (nSPS) is 23.4. The van der Waals surface area contributed by atoms with Gasteiger partial charge in [0.1, 0.15) is 11.7 Å². The van der Waals surface area contributed by atoms with Gasteiger partial charge in [0.2, 0.25) is 0 Å². The minimum absolute atomic E-state index is 0.645. The number of hydrogen-bond acceptors (Lipinski definition) is 4. The first-order valence-electron chi connectivity index (χ1n) is 10.0. The van der Waals surface area contributed by atoms with Gasteiger partial charge in [-0.3, -0.25) is 0 Å². The van der Waals surface area contributed by atoms with Gasteiger partial charge in [-0.05, 0) is 79.7 Å². The highest BCUT2D eigenvalue weighted by Gasteiger charge is 2.34. The summed E-state index contributed by atoms with van der Waals surface area (Å²) in [6.07, 6.45) is 12.5. The van der Waals surface area contributed by atoms with E-state index >= 15 is 0 Å². The Morgan fingerprint density at radius 3 is 2.32 bits per heavy atom. The Kier molecular flexibility index (Phi) is 4.73. The van der Waals surface area contributed by atoms with Gasteiger partial charge in [-0.1, -0.05) is 13.0 Å². The van der Waals surface area contributed by atoms with Crippen LogP contribution < -0.4 is 4.90 Å². The zero-order valence-electron chi connectivity index (χ0n) is 16.5. The van der Waals surface area contributed by atoms with E-state index in [0.717, 1.165) is 18.6 Å². The molecule has 1 atom stereocenters. The van der Waals surface area contributed by atoms with Crippen molar-refractivity contribution in [2.75, 3.05) is 18.0 Å². The van der Waals surface area contributed by atoms with Gasteiger partial charge < -0.3 is 9.64 Å². The predicted molar refractivity (Wildman–Crippen MR) is 110 cm³/mol. The lowest BCUT2D eigenvalue weighted by molar-refractivity contribution is 0.279. The minimum Gasteiger partial charge on any atom is -0.463 e. The van der Waals surface area contributed by atoms with E-state index in [0.29, 0.717) is 5.76 Å². The van der Waals surface area contributed by atoms with Gasteiger partial charge in [0.15, 0.2) is 0 Å². The molecule has 0 fully saturated rings. The summed E-state index contributed by atoms with van der Waals surface area (Å²) in [5.74, 6) is 0.663. The first-order valence-corrected chi connectivity index (χ1v) is 10.0. The van der Waals surface area contributed by atoms with Crippen molar-refractivity contribution in [2.24, 2.45) is 11.3 Å². The highest BCUT2D eigenvalue weighted by atomic mass is 16.5. The summed E-state index contributed by atoms with van der Waals surface area (Å²) in [4.78, 5) is 2.54. The van der Waals surface area contributed by atoms with Crippen LogP contribution in [0, 0.1) is 34.0 Å². The topological polar surface area (TPSA) is 60.0 Å². The molecule has 28 heavy (non-hydrogen) atoms. The molecule has 0 bridgehead atoms. The molecule has 3 aliphatic heterocycles. The molecule has 4 heteroatoms.